The summed E-state index contributed by atoms with van der Waals surface area (Å²) in [6.07, 6.45) is 1.85. The summed E-state index contributed by atoms with van der Waals surface area (Å²) >= 11 is 3.46. The maximum atomic E-state index is 10.6. The van der Waals surface area contributed by atoms with E-state index in [9.17, 15) is 4.79 Å². The predicted octanol–water partition coefficient (Wildman–Crippen LogP) is 3.00. The van der Waals surface area contributed by atoms with Crippen LogP contribution >= 0.6 is 15.9 Å². The molecule has 3 rings (SSSR count). The Labute approximate surface area is 121 Å². The number of aryl methyl sites for hydroxylation is 1. The van der Waals surface area contributed by atoms with Gasteiger partial charge in [0.1, 0.15) is 11.2 Å². The molecule has 2 N–H and O–H groups in total. The molecule has 0 radical (unpaired) electrons. The van der Waals surface area contributed by atoms with Gasteiger partial charge >= 0.3 is 5.97 Å². The van der Waals surface area contributed by atoms with E-state index in [1.807, 2.05) is 18.2 Å². The molecule has 0 unspecified atom stereocenters. The van der Waals surface area contributed by atoms with Crippen LogP contribution in [0.25, 0.3) is 22.4 Å². The molecule has 0 saturated heterocycles. The number of fused-ring (bicyclic) bond motifs is 1. The van der Waals surface area contributed by atoms with Gasteiger partial charge in [0.05, 0.1) is 16.6 Å². The minimum atomic E-state index is -0.837. The maximum absolute atomic E-state index is 10.6. The van der Waals surface area contributed by atoms with Gasteiger partial charge in [0, 0.05) is 12.0 Å². The lowest BCUT2D eigenvalue weighted by Gasteiger charge is -1.98. The summed E-state index contributed by atoms with van der Waals surface area (Å²) in [6.45, 7) is 0. The Balaban J connectivity index is 1.95. The van der Waals surface area contributed by atoms with Crippen molar-refractivity contribution in [2.75, 3.05) is 0 Å². The number of hydrogen-bond acceptors (Lipinski definition) is 4. The molecule has 6 nitrogen and oxygen atoms in total. The minimum absolute atomic E-state index is 0.0569. The van der Waals surface area contributed by atoms with Crippen LogP contribution in [0.2, 0.25) is 0 Å². The van der Waals surface area contributed by atoms with Gasteiger partial charge in [-0.15, -0.1) is 0 Å². The molecule has 0 saturated carbocycles. The minimum Gasteiger partial charge on any atom is -0.481 e. The molecule has 102 valence electrons. The van der Waals surface area contributed by atoms with E-state index in [0.717, 1.165) is 26.9 Å². The number of aromatic amines is 1. The Morgan fingerprint density at radius 3 is 3.10 bits per heavy atom. The molecule has 2 heterocycles. The van der Waals surface area contributed by atoms with E-state index in [0.29, 0.717) is 12.0 Å². The Morgan fingerprint density at radius 2 is 2.30 bits per heavy atom. The first-order valence-electron chi connectivity index (χ1n) is 5.93. The van der Waals surface area contributed by atoms with Crippen molar-refractivity contribution in [2.45, 2.75) is 12.8 Å². The summed E-state index contributed by atoms with van der Waals surface area (Å²) in [4.78, 5) is 14.7. The van der Waals surface area contributed by atoms with Crippen LogP contribution in [0.5, 0.6) is 0 Å². The maximum Gasteiger partial charge on any atom is 0.303 e. The molecule has 0 bridgehead atoms. The van der Waals surface area contributed by atoms with E-state index in [-0.39, 0.29) is 6.42 Å². The van der Waals surface area contributed by atoms with E-state index in [4.69, 9.17) is 9.52 Å². The third kappa shape index (κ3) is 2.32. The summed E-state index contributed by atoms with van der Waals surface area (Å²) in [7, 11) is 0. The standard InChI is InChI=1S/C13H10BrN3O3/c14-12-9(3-4-11(18)19)16-17-13(12)7-1-2-8-10(5-7)20-6-15-8/h1-2,5-6H,3-4H2,(H,16,17)(H,18,19). The highest BCUT2D eigenvalue weighted by Crippen LogP contribution is 2.31. The van der Waals surface area contributed by atoms with Crippen molar-refractivity contribution in [1.82, 2.24) is 15.2 Å². The van der Waals surface area contributed by atoms with E-state index in [1.54, 1.807) is 0 Å². The van der Waals surface area contributed by atoms with Gasteiger partial charge in [0.25, 0.3) is 0 Å². The summed E-state index contributed by atoms with van der Waals surface area (Å²) < 4.78 is 6.04. The molecule has 0 fully saturated rings. The zero-order valence-electron chi connectivity index (χ0n) is 10.3. The number of halogens is 1. The van der Waals surface area contributed by atoms with Crippen molar-refractivity contribution in [3.8, 4) is 11.3 Å². The van der Waals surface area contributed by atoms with Crippen LogP contribution in [0.4, 0.5) is 0 Å². The molecular weight excluding hydrogens is 326 g/mol. The number of oxazole rings is 1. The Kier molecular flexibility index (Phi) is 3.27. The van der Waals surface area contributed by atoms with Gasteiger partial charge in [-0.1, -0.05) is 6.07 Å². The SMILES string of the molecule is O=C(O)CCc1[nH]nc(-c2ccc3ncoc3c2)c1Br. The topological polar surface area (TPSA) is 92.0 Å². The number of nitrogens with one attached hydrogen (secondary N) is 1. The molecule has 0 aliphatic heterocycles. The van der Waals surface area contributed by atoms with Gasteiger partial charge in [0.15, 0.2) is 12.0 Å². The zero-order chi connectivity index (χ0) is 14.1. The Hall–Kier alpha value is -2.15. The van der Waals surface area contributed by atoms with Crippen LogP contribution in [0, 0.1) is 0 Å². The summed E-state index contributed by atoms with van der Waals surface area (Å²) in [5.41, 5.74) is 3.83. The quantitative estimate of drug-likeness (QED) is 0.764. The molecule has 2 aromatic heterocycles. The first-order chi connectivity index (χ1) is 9.65. The fourth-order valence-corrected chi connectivity index (χ4v) is 2.56. The normalized spacial score (nSPS) is 11.1. The lowest BCUT2D eigenvalue weighted by atomic mass is 10.1. The highest BCUT2D eigenvalue weighted by molar-refractivity contribution is 9.10. The lowest BCUT2D eigenvalue weighted by molar-refractivity contribution is -0.136. The average molecular weight is 336 g/mol. The number of aliphatic carboxylic acids is 1. The largest absolute Gasteiger partial charge is 0.481 e. The van der Waals surface area contributed by atoms with Crippen LogP contribution in [0.1, 0.15) is 12.1 Å². The number of hydrogen-bond donors (Lipinski definition) is 2. The average Bonchev–Trinajstić information content (AvgIpc) is 3.02. The molecule has 1 aromatic carbocycles. The molecule has 0 atom stereocenters. The smallest absolute Gasteiger partial charge is 0.303 e. The van der Waals surface area contributed by atoms with Crippen LogP contribution in [0.15, 0.2) is 33.5 Å². The highest BCUT2D eigenvalue weighted by Gasteiger charge is 2.14. The van der Waals surface area contributed by atoms with Crippen molar-refractivity contribution in [3.63, 3.8) is 0 Å². The van der Waals surface area contributed by atoms with Gasteiger partial charge in [-0.25, -0.2) is 4.98 Å². The number of aromatic nitrogens is 3. The Bertz CT molecular complexity index is 778. The lowest BCUT2D eigenvalue weighted by Crippen LogP contribution is -1.98. The molecular formula is C13H10BrN3O3. The number of carboxylic acid groups (broad SMARTS) is 1. The third-order valence-electron chi connectivity index (χ3n) is 2.97. The van der Waals surface area contributed by atoms with Gasteiger partial charge in [-0.3, -0.25) is 9.89 Å². The summed E-state index contributed by atoms with van der Waals surface area (Å²) in [5, 5.41) is 15.8. The molecule has 7 heteroatoms. The van der Waals surface area contributed by atoms with Crippen LogP contribution in [-0.2, 0) is 11.2 Å². The van der Waals surface area contributed by atoms with E-state index in [2.05, 4.69) is 31.1 Å². The third-order valence-corrected chi connectivity index (χ3v) is 3.82. The second kappa shape index (κ2) is 5.09. The zero-order valence-corrected chi connectivity index (χ0v) is 11.8. The molecule has 0 aliphatic carbocycles. The van der Waals surface area contributed by atoms with E-state index in [1.165, 1.54) is 6.39 Å². The van der Waals surface area contributed by atoms with Gasteiger partial charge in [-0.2, -0.15) is 5.10 Å². The first kappa shape index (κ1) is 12.9. The summed E-state index contributed by atoms with van der Waals surface area (Å²) in [5.74, 6) is -0.837. The summed E-state index contributed by atoms with van der Waals surface area (Å²) in [6, 6.07) is 5.60. The molecule has 3 aromatic rings. The van der Waals surface area contributed by atoms with Crippen molar-refractivity contribution in [3.05, 3.63) is 34.8 Å². The molecule has 0 aliphatic rings. The van der Waals surface area contributed by atoms with Gasteiger partial charge < -0.3 is 9.52 Å². The fourth-order valence-electron chi connectivity index (χ4n) is 1.96. The number of carbonyl (C=O) groups is 1. The van der Waals surface area contributed by atoms with Crippen molar-refractivity contribution in [2.24, 2.45) is 0 Å². The van der Waals surface area contributed by atoms with Gasteiger partial charge in [0.2, 0.25) is 0 Å². The van der Waals surface area contributed by atoms with Crippen molar-refractivity contribution >= 4 is 33.0 Å². The van der Waals surface area contributed by atoms with Gasteiger partial charge in [-0.05, 0) is 28.1 Å². The number of benzene rings is 1. The second-order valence-corrected chi connectivity index (χ2v) is 5.09. The molecule has 0 spiro atoms. The Morgan fingerprint density at radius 1 is 1.45 bits per heavy atom. The van der Waals surface area contributed by atoms with Crippen LogP contribution in [0.3, 0.4) is 0 Å². The van der Waals surface area contributed by atoms with E-state index >= 15 is 0 Å². The number of H-pyrrole nitrogens is 1. The van der Waals surface area contributed by atoms with Crippen LogP contribution in [-0.4, -0.2) is 26.3 Å². The number of rotatable bonds is 4. The second-order valence-electron chi connectivity index (χ2n) is 4.29. The first-order valence-corrected chi connectivity index (χ1v) is 6.72. The highest BCUT2D eigenvalue weighted by atomic mass is 79.9. The predicted molar refractivity (Wildman–Crippen MR) is 75.2 cm³/mol. The van der Waals surface area contributed by atoms with Crippen molar-refractivity contribution < 1.29 is 14.3 Å². The monoisotopic (exact) mass is 335 g/mol. The fraction of sp³-hybridized carbons (Fsp3) is 0.154. The molecule has 20 heavy (non-hydrogen) atoms. The van der Waals surface area contributed by atoms with E-state index < -0.39 is 5.97 Å². The number of carboxylic acids is 1. The van der Waals surface area contributed by atoms with Crippen molar-refractivity contribution in [1.29, 1.82) is 0 Å². The van der Waals surface area contributed by atoms with Crippen LogP contribution < -0.4 is 0 Å². The number of nitrogens with zero attached hydrogens (tertiary/aromatic N) is 2. The molecule has 0 amide bonds.